The Kier molecular flexibility index (Phi) is 6.03. The molecule has 0 saturated carbocycles. The average Bonchev–Trinajstić information content (AvgIpc) is 2.69. The zero-order valence-electron chi connectivity index (χ0n) is 16.4. The van der Waals surface area contributed by atoms with E-state index in [1.165, 1.54) is 11.7 Å². The molecule has 0 aromatic carbocycles. The van der Waals surface area contributed by atoms with Crippen molar-refractivity contribution < 1.29 is 14.3 Å². The minimum atomic E-state index is -0.428. The molecule has 2 aromatic heterocycles. The Bertz CT molecular complexity index is 932. The van der Waals surface area contributed by atoms with Gasteiger partial charge in [0.1, 0.15) is 12.1 Å². The fourth-order valence-electron chi connectivity index (χ4n) is 3.27. The van der Waals surface area contributed by atoms with Crippen molar-refractivity contribution in [1.29, 1.82) is 0 Å². The highest BCUT2D eigenvalue weighted by molar-refractivity contribution is 5.93. The molecule has 3 rings (SSSR count). The predicted octanol–water partition coefficient (Wildman–Crippen LogP) is 0.378. The summed E-state index contributed by atoms with van der Waals surface area (Å²) in [5, 5.41) is 0. The first-order valence-electron chi connectivity index (χ1n) is 9.34. The summed E-state index contributed by atoms with van der Waals surface area (Å²) in [6, 6.07) is 3.48. The first-order chi connectivity index (χ1) is 13.4. The zero-order valence-corrected chi connectivity index (χ0v) is 16.4. The molecule has 1 aliphatic heterocycles. The van der Waals surface area contributed by atoms with Gasteiger partial charge in [0.05, 0.1) is 0 Å². The number of piperazine rings is 1. The van der Waals surface area contributed by atoms with E-state index >= 15 is 0 Å². The van der Waals surface area contributed by atoms with Crippen LogP contribution in [-0.2, 0) is 16.1 Å². The van der Waals surface area contributed by atoms with Crippen LogP contribution in [0.4, 0.5) is 0 Å². The Balaban J connectivity index is 1.87. The Labute approximate surface area is 162 Å². The van der Waals surface area contributed by atoms with Crippen molar-refractivity contribution in [1.82, 2.24) is 24.3 Å². The van der Waals surface area contributed by atoms with Gasteiger partial charge in [-0.2, -0.15) is 0 Å². The number of carbonyl (C=O) groups excluding carboxylic acids is 2. The molecule has 1 aliphatic rings. The van der Waals surface area contributed by atoms with Gasteiger partial charge in [0.25, 0.3) is 11.5 Å². The van der Waals surface area contributed by atoms with E-state index in [-0.39, 0.29) is 24.1 Å². The van der Waals surface area contributed by atoms with Gasteiger partial charge in [-0.1, -0.05) is 13.8 Å². The van der Waals surface area contributed by atoms with Crippen LogP contribution in [0.15, 0.2) is 23.1 Å². The van der Waals surface area contributed by atoms with E-state index in [1.807, 2.05) is 13.8 Å². The third-order valence-corrected chi connectivity index (χ3v) is 4.64. The van der Waals surface area contributed by atoms with E-state index in [4.69, 9.17) is 4.74 Å². The fourth-order valence-corrected chi connectivity index (χ4v) is 3.27. The SMILES string of the molecule is COCC(=O)N1CCN(C(=O)c2nc3cccnc3n(CC(C)C)c2=O)CC1. The maximum absolute atomic E-state index is 13.0. The van der Waals surface area contributed by atoms with E-state index in [0.717, 1.165) is 0 Å². The Morgan fingerprint density at radius 1 is 1.18 bits per heavy atom. The van der Waals surface area contributed by atoms with Crippen molar-refractivity contribution in [3.05, 3.63) is 34.4 Å². The van der Waals surface area contributed by atoms with Crippen LogP contribution in [0.1, 0.15) is 24.3 Å². The molecule has 2 amide bonds. The van der Waals surface area contributed by atoms with Gasteiger partial charge >= 0.3 is 0 Å². The number of hydrogen-bond donors (Lipinski definition) is 0. The first kappa shape index (κ1) is 19.9. The molecule has 3 heterocycles. The molecule has 150 valence electrons. The minimum absolute atomic E-state index is 0.0209. The van der Waals surface area contributed by atoms with Crippen molar-refractivity contribution >= 4 is 23.0 Å². The first-order valence-corrected chi connectivity index (χ1v) is 9.34. The van der Waals surface area contributed by atoms with E-state index < -0.39 is 11.5 Å². The summed E-state index contributed by atoms with van der Waals surface area (Å²) in [6.45, 7) is 5.99. The van der Waals surface area contributed by atoms with Gasteiger partial charge in [-0.25, -0.2) is 9.97 Å². The third kappa shape index (κ3) is 4.04. The molecule has 9 nitrogen and oxygen atoms in total. The third-order valence-electron chi connectivity index (χ3n) is 4.64. The molecule has 1 saturated heterocycles. The normalized spacial score (nSPS) is 14.7. The minimum Gasteiger partial charge on any atom is -0.375 e. The van der Waals surface area contributed by atoms with Crippen molar-refractivity contribution in [2.45, 2.75) is 20.4 Å². The summed E-state index contributed by atoms with van der Waals surface area (Å²) in [6.07, 6.45) is 1.61. The molecule has 1 fully saturated rings. The summed E-state index contributed by atoms with van der Waals surface area (Å²) in [4.78, 5) is 49.7. The largest absolute Gasteiger partial charge is 0.375 e. The molecule has 0 aliphatic carbocycles. The van der Waals surface area contributed by atoms with Crippen LogP contribution in [0.2, 0.25) is 0 Å². The Morgan fingerprint density at radius 2 is 1.86 bits per heavy atom. The van der Waals surface area contributed by atoms with Crippen LogP contribution in [-0.4, -0.2) is 76.0 Å². The van der Waals surface area contributed by atoms with Crippen molar-refractivity contribution in [3.63, 3.8) is 0 Å². The van der Waals surface area contributed by atoms with Crippen LogP contribution in [0, 0.1) is 5.92 Å². The summed E-state index contributed by atoms with van der Waals surface area (Å²) in [5.74, 6) is -0.306. The summed E-state index contributed by atoms with van der Waals surface area (Å²) in [5.41, 5.74) is 0.466. The number of carbonyl (C=O) groups is 2. The topological polar surface area (TPSA) is 97.6 Å². The van der Waals surface area contributed by atoms with Gasteiger partial charge in [0, 0.05) is 46.0 Å². The molecular formula is C19H25N5O4. The number of amides is 2. The van der Waals surface area contributed by atoms with Gasteiger partial charge in [0.2, 0.25) is 5.91 Å². The molecule has 0 unspecified atom stereocenters. The molecule has 0 radical (unpaired) electrons. The molecule has 0 atom stereocenters. The lowest BCUT2D eigenvalue weighted by Gasteiger charge is -2.34. The summed E-state index contributed by atoms with van der Waals surface area (Å²) >= 11 is 0. The number of pyridine rings is 1. The summed E-state index contributed by atoms with van der Waals surface area (Å²) < 4.78 is 6.40. The van der Waals surface area contributed by atoms with Gasteiger partial charge in [0.15, 0.2) is 11.3 Å². The van der Waals surface area contributed by atoms with Crippen molar-refractivity contribution in [3.8, 4) is 0 Å². The van der Waals surface area contributed by atoms with E-state index in [0.29, 0.717) is 43.9 Å². The number of ether oxygens (including phenoxy) is 1. The second-order valence-electron chi connectivity index (χ2n) is 7.22. The Morgan fingerprint density at radius 3 is 2.50 bits per heavy atom. The van der Waals surface area contributed by atoms with Gasteiger partial charge in [-0.15, -0.1) is 0 Å². The van der Waals surface area contributed by atoms with Gasteiger partial charge in [-0.05, 0) is 18.1 Å². The second-order valence-corrected chi connectivity index (χ2v) is 7.22. The monoisotopic (exact) mass is 387 g/mol. The number of aromatic nitrogens is 3. The highest BCUT2D eigenvalue weighted by Crippen LogP contribution is 2.12. The maximum Gasteiger partial charge on any atom is 0.283 e. The quantitative estimate of drug-likeness (QED) is 0.736. The molecule has 28 heavy (non-hydrogen) atoms. The van der Waals surface area contributed by atoms with Gasteiger partial charge in [-0.3, -0.25) is 19.0 Å². The smallest absolute Gasteiger partial charge is 0.283 e. The average molecular weight is 387 g/mol. The number of methoxy groups -OCH3 is 1. The molecule has 0 spiro atoms. The maximum atomic E-state index is 13.0. The van der Waals surface area contributed by atoms with Crippen LogP contribution >= 0.6 is 0 Å². The zero-order chi connectivity index (χ0) is 20.3. The van der Waals surface area contributed by atoms with Crippen molar-refractivity contribution in [2.75, 3.05) is 39.9 Å². The van der Waals surface area contributed by atoms with E-state index in [2.05, 4.69) is 9.97 Å². The fraction of sp³-hybridized carbons (Fsp3) is 0.526. The number of rotatable bonds is 5. The standard InChI is InChI=1S/C19H25N5O4/c1-13(2)11-24-17-14(5-4-6-20-17)21-16(19(24)27)18(26)23-9-7-22(8-10-23)15(25)12-28-3/h4-6,13H,7-12H2,1-3H3. The summed E-state index contributed by atoms with van der Waals surface area (Å²) in [7, 11) is 1.47. The molecule has 2 aromatic rings. The lowest BCUT2D eigenvalue weighted by atomic mass is 10.2. The lowest BCUT2D eigenvalue weighted by Crippen LogP contribution is -2.52. The van der Waals surface area contributed by atoms with Crippen LogP contribution in [0.25, 0.3) is 11.2 Å². The number of fused-ring (bicyclic) bond motifs is 1. The van der Waals surface area contributed by atoms with Crippen LogP contribution in [0.5, 0.6) is 0 Å². The van der Waals surface area contributed by atoms with Crippen molar-refractivity contribution in [2.24, 2.45) is 5.92 Å². The predicted molar refractivity (Wildman–Crippen MR) is 103 cm³/mol. The van der Waals surface area contributed by atoms with Crippen LogP contribution in [0.3, 0.4) is 0 Å². The second kappa shape index (κ2) is 8.47. The molecule has 9 heteroatoms. The molecular weight excluding hydrogens is 362 g/mol. The highest BCUT2D eigenvalue weighted by atomic mass is 16.5. The number of hydrogen-bond acceptors (Lipinski definition) is 6. The van der Waals surface area contributed by atoms with Gasteiger partial charge < -0.3 is 14.5 Å². The van der Waals surface area contributed by atoms with E-state index in [1.54, 1.807) is 28.1 Å². The molecule has 0 bridgehead atoms. The number of nitrogens with zero attached hydrogens (tertiary/aromatic N) is 5. The van der Waals surface area contributed by atoms with E-state index in [9.17, 15) is 14.4 Å². The lowest BCUT2D eigenvalue weighted by molar-refractivity contribution is -0.136. The van der Waals surface area contributed by atoms with Crippen LogP contribution < -0.4 is 5.56 Å². The molecule has 0 N–H and O–H groups in total. The Hall–Kier alpha value is -2.81. The highest BCUT2D eigenvalue weighted by Gasteiger charge is 2.28.